The summed E-state index contributed by atoms with van der Waals surface area (Å²) in [6.45, 7) is 0.520. The van der Waals surface area contributed by atoms with Crippen LogP contribution in [0.1, 0.15) is 6.42 Å². The van der Waals surface area contributed by atoms with E-state index in [-0.39, 0.29) is 0 Å². The number of nitrogens with two attached hydrogens (primary N) is 1. The Bertz CT molecular complexity index is 124. The average molecular weight is 145 g/mol. The lowest BCUT2D eigenvalue weighted by molar-refractivity contribution is 0.171. The van der Waals surface area contributed by atoms with Crippen LogP contribution in [0.25, 0.3) is 0 Å². The molecule has 58 valence electrons. The van der Waals surface area contributed by atoms with E-state index in [1.54, 1.807) is 0 Å². The zero-order chi connectivity index (χ0) is 7.82. The zero-order valence-corrected chi connectivity index (χ0v) is 5.83. The number of methoxy groups -OCH3 is 1. The molecule has 0 rings (SSSR count). The molecule has 5 nitrogen and oxygen atoms in total. The number of amides is 1. The highest BCUT2D eigenvalue weighted by atomic mass is 16.5. The second-order valence-corrected chi connectivity index (χ2v) is 1.49. The summed E-state index contributed by atoms with van der Waals surface area (Å²) < 4.78 is 4.24. The third-order valence-electron chi connectivity index (χ3n) is 0.728. The van der Waals surface area contributed by atoms with E-state index in [0.29, 0.717) is 13.0 Å². The van der Waals surface area contributed by atoms with Crippen LogP contribution in [-0.4, -0.2) is 26.0 Å². The molecule has 0 atom stereocenters. The van der Waals surface area contributed by atoms with E-state index < -0.39 is 6.09 Å². The summed E-state index contributed by atoms with van der Waals surface area (Å²) in [5.41, 5.74) is 7.26. The Morgan fingerprint density at radius 3 is 3.10 bits per heavy atom. The fraction of sp³-hybridized carbons (Fsp3) is 0.600. The van der Waals surface area contributed by atoms with Gasteiger partial charge in [-0.15, -0.1) is 0 Å². The first-order valence-corrected chi connectivity index (χ1v) is 2.86. The van der Waals surface area contributed by atoms with Gasteiger partial charge in [-0.2, -0.15) is 5.10 Å². The van der Waals surface area contributed by atoms with Gasteiger partial charge in [-0.3, -0.25) is 0 Å². The number of ether oxygens (including phenoxy) is 1. The zero-order valence-electron chi connectivity index (χ0n) is 5.83. The Morgan fingerprint density at radius 2 is 2.60 bits per heavy atom. The van der Waals surface area contributed by atoms with Crippen molar-refractivity contribution in [2.24, 2.45) is 10.8 Å². The molecule has 0 aromatic heterocycles. The molecule has 0 saturated heterocycles. The highest BCUT2D eigenvalue weighted by Crippen LogP contribution is 1.70. The Labute approximate surface area is 59.2 Å². The number of hydrogen-bond acceptors (Lipinski definition) is 4. The standard InChI is InChI=1S/C5H11N3O2/c1-10-5(9)8-7-4-2-3-6/h4H,2-3,6H2,1H3,(H,8,9). The topological polar surface area (TPSA) is 76.7 Å². The summed E-state index contributed by atoms with van der Waals surface area (Å²) in [5, 5.41) is 3.50. The molecule has 1 amide bonds. The number of hydrazone groups is 1. The summed E-state index contributed by atoms with van der Waals surface area (Å²) in [6.07, 6.45) is 1.58. The number of hydrogen-bond donors (Lipinski definition) is 2. The van der Waals surface area contributed by atoms with Crippen LogP contribution in [0.2, 0.25) is 0 Å². The number of carbonyl (C=O) groups is 1. The molecule has 0 aromatic rings. The van der Waals surface area contributed by atoms with E-state index in [0.717, 1.165) is 0 Å². The molecule has 0 aliphatic rings. The van der Waals surface area contributed by atoms with Gasteiger partial charge in [-0.05, 0) is 13.0 Å². The van der Waals surface area contributed by atoms with Crippen LogP contribution < -0.4 is 11.2 Å². The minimum Gasteiger partial charge on any atom is -0.452 e. The first-order chi connectivity index (χ1) is 4.81. The average Bonchev–Trinajstić information content (AvgIpc) is 1.98. The largest absolute Gasteiger partial charge is 0.452 e. The van der Waals surface area contributed by atoms with Gasteiger partial charge in [0.25, 0.3) is 0 Å². The van der Waals surface area contributed by atoms with E-state index in [9.17, 15) is 4.79 Å². The second-order valence-electron chi connectivity index (χ2n) is 1.49. The van der Waals surface area contributed by atoms with Crippen LogP contribution >= 0.6 is 0 Å². The predicted molar refractivity (Wildman–Crippen MR) is 37.7 cm³/mol. The Morgan fingerprint density at radius 1 is 1.90 bits per heavy atom. The molecule has 0 radical (unpaired) electrons. The minimum absolute atomic E-state index is 0.520. The third-order valence-corrected chi connectivity index (χ3v) is 0.728. The Hall–Kier alpha value is -1.10. The van der Waals surface area contributed by atoms with Gasteiger partial charge in [0.2, 0.25) is 0 Å². The summed E-state index contributed by atoms with van der Waals surface area (Å²) in [5.74, 6) is 0. The van der Waals surface area contributed by atoms with Crippen LogP contribution in [0.4, 0.5) is 4.79 Å². The molecule has 0 aliphatic carbocycles. The second kappa shape index (κ2) is 6.03. The minimum atomic E-state index is -0.576. The molecular weight excluding hydrogens is 134 g/mol. The van der Waals surface area contributed by atoms with E-state index >= 15 is 0 Å². The molecule has 0 aromatic carbocycles. The van der Waals surface area contributed by atoms with E-state index in [2.05, 4.69) is 15.3 Å². The lowest BCUT2D eigenvalue weighted by atomic mass is 10.5. The van der Waals surface area contributed by atoms with Gasteiger partial charge >= 0.3 is 6.09 Å². The molecule has 0 unspecified atom stereocenters. The lowest BCUT2D eigenvalue weighted by Crippen LogP contribution is -2.16. The first kappa shape index (κ1) is 8.90. The maximum absolute atomic E-state index is 10.3. The van der Waals surface area contributed by atoms with Gasteiger partial charge < -0.3 is 10.5 Å². The Balaban J connectivity index is 3.25. The summed E-state index contributed by atoms with van der Waals surface area (Å²) in [7, 11) is 1.27. The van der Waals surface area contributed by atoms with Gasteiger partial charge in [0, 0.05) is 6.21 Å². The van der Waals surface area contributed by atoms with Gasteiger partial charge in [0.1, 0.15) is 0 Å². The fourth-order valence-corrected chi connectivity index (χ4v) is 0.283. The summed E-state index contributed by atoms with van der Waals surface area (Å²) >= 11 is 0. The van der Waals surface area contributed by atoms with Gasteiger partial charge in [-0.1, -0.05) is 0 Å². The molecule has 0 aliphatic heterocycles. The normalized spacial score (nSPS) is 9.80. The van der Waals surface area contributed by atoms with Crippen molar-refractivity contribution in [1.82, 2.24) is 5.43 Å². The van der Waals surface area contributed by atoms with Gasteiger partial charge in [-0.25, -0.2) is 10.2 Å². The third kappa shape index (κ3) is 5.04. The molecule has 10 heavy (non-hydrogen) atoms. The first-order valence-electron chi connectivity index (χ1n) is 2.86. The molecule has 0 heterocycles. The fourth-order valence-electron chi connectivity index (χ4n) is 0.283. The smallest absolute Gasteiger partial charge is 0.427 e. The molecule has 0 bridgehead atoms. The van der Waals surface area contributed by atoms with E-state index in [1.165, 1.54) is 13.3 Å². The highest BCUT2D eigenvalue weighted by Gasteiger charge is 1.90. The van der Waals surface area contributed by atoms with Crippen molar-refractivity contribution in [2.45, 2.75) is 6.42 Å². The molecule has 0 saturated carbocycles. The van der Waals surface area contributed by atoms with E-state index in [1.807, 2.05) is 0 Å². The molecule has 0 fully saturated rings. The van der Waals surface area contributed by atoms with Crippen molar-refractivity contribution < 1.29 is 9.53 Å². The monoisotopic (exact) mass is 145 g/mol. The number of nitrogens with zero attached hydrogens (tertiary/aromatic N) is 1. The number of nitrogens with one attached hydrogen (secondary N) is 1. The highest BCUT2D eigenvalue weighted by molar-refractivity contribution is 5.68. The van der Waals surface area contributed by atoms with Crippen molar-refractivity contribution in [3.8, 4) is 0 Å². The van der Waals surface area contributed by atoms with Crippen molar-refractivity contribution >= 4 is 12.3 Å². The number of carbonyl (C=O) groups excluding carboxylic acids is 1. The van der Waals surface area contributed by atoms with Gasteiger partial charge in [0.15, 0.2) is 0 Å². The van der Waals surface area contributed by atoms with Crippen LogP contribution in [0, 0.1) is 0 Å². The van der Waals surface area contributed by atoms with E-state index in [4.69, 9.17) is 5.73 Å². The van der Waals surface area contributed by atoms with Crippen molar-refractivity contribution in [3.05, 3.63) is 0 Å². The summed E-state index contributed by atoms with van der Waals surface area (Å²) in [6, 6.07) is 0. The van der Waals surface area contributed by atoms with Gasteiger partial charge in [0.05, 0.1) is 7.11 Å². The molecule has 0 spiro atoms. The van der Waals surface area contributed by atoms with Crippen molar-refractivity contribution in [3.63, 3.8) is 0 Å². The van der Waals surface area contributed by atoms with Crippen molar-refractivity contribution in [1.29, 1.82) is 0 Å². The maximum Gasteiger partial charge on any atom is 0.427 e. The lowest BCUT2D eigenvalue weighted by Gasteiger charge is -1.93. The Kier molecular flexibility index (Phi) is 5.36. The number of rotatable bonds is 3. The SMILES string of the molecule is COC(=O)NN=CCCN. The molecule has 3 N–H and O–H groups in total. The van der Waals surface area contributed by atoms with Crippen LogP contribution in [0.5, 0.6) is 0 Å². The van der Waals surface area contributed by atoms with Crippen LogP contribution in [-0.2, 0) is 4.74 Å². The van der Waals surface area contributed by atoms with Crippen molar-refractivity contribution in [2.75, 3.05) is 13.7 Å². The molecular formula is C5H11N3O2. The summed E-state index contributed by atoms with van der Waals surface area (Å²) in [4.78, 5) is 10.3. The quantitative estimate of drug-likeness (QED) is 0.422. The maximum atomic E-state index is 10.3. The van der Waals surface area contributed by atoms with Crippen LogP contribution in [0.15, 0.2) is 5.10 Å². The predicted octanol–water partition coefficient (Wildman–Crippen LogP) is -0.323. The van der Waals surface area contributed by atoms with Crippen LogP contribution in [0.3, 0.4) is 0 Å². The molecule has 5 heteroatoms.